The number of nitrogen functional groups attached to an aromatic ring is 1. The van der Waals surface area contributed by atoms with Gasteiger partial charge in [-0.1, -0.05) is 12.1 Å². The molecule has 0 amide bonds. The summed E-state index contributed by atoms with van der Waals surface area (Å²) in [4.78, 5) is 4.24. The first-order valence-corrected chi connectivity index (χ1v) is 4.65. The second-order valence-corrected chi connectivity index (χ2v) is 3.43. The van der Waals surface area contributed by atoms with Gasteiger partial charge in [-0.3, -0.25) is 0 Å². The van der Waals surface area contributed by atoms with Gasteiger partial charge in [0.25, 0.3) is 0 Å². The minimum atomic E-state index is -0.303. The molecule has 15 heavy (non-hydrogen) atoms. The molecular weight excluding hydrogens is 193 g/mol. The van der Waals surface area contributed by atoms with Gasteiger partial charge >= 0.3 is 0 Å². The maximum absolute atomic E-state index is 13.5. The lowest BCUT2D eigenvalue weighted by atomic mass is 10.1. The Morgan fingerprint density at radius 1 is 1.33 bits per heavy atom. The summed E-state index contributed by atoms with van der Waals surface area (Å²) in [5.74, 6) is 0.950. The van der Waals surface area contributed by atoms with Gasteiger partial charge in [0, 0.05) is 12.6 Å². The van der Waals surface area contributed by atoms with E-state index in [9.17, 15) is 4.39 Å². The summed E-state index contributed by atoms with van der Waals surface area (Å²) in [6.07, 6.45) is 0. The molecule has 78 valence electrons. The van der Waals surface area contributed by atoms with E-state index in [1.807, 2.05) is 14.0 Å². The van der Waals surface area contributed by atoms with E-state index >= 15 is 0 Å². The third kappa shape index (κ3) is 1.48. The summed E-state index contributed by atoms with van der Waals surface area (Å²) in [7, 11) is 1.81. The number of hydrogen-bond donors (Lipinski definition) is 1. The van der Waals surface area contributed by atoms with Gasteiger partial charge in [0.1, 0.15) is 23.2 Å². The number of hydrogen-bond acceptors (Lipinski definition) is 2. The molecule has 0 saturated heterocycles. The van der Waals surface area contributed by atoms with Crippen molar-refractivity contribution in [2.45, 2.75) is 6.92 Å². The first-order valence-electron chi connectivity index (χ1n) is 4.65. The number of aromatic nitrogens is 2. The van der Waals surface area contributed by atoms with Crippen LogP contribution in [-0.2, 0) is 7.05 Å². The Hall–Kier alpha value is -1.84. The lowest BCUT2D eigenvalue weighted by molar-refractivity contribution is 0.631. The van der Waals surface area contributed by atoms with E-state index in [2.05, 4.69) is 4.98 Å². The van der Waals surface area contributed by atoms with E-state index in [0.29, 0.717) is 17.1 Å². The van der Waals surface area contributed by atoms with Crippen molar-refractivity contribution in [1.29, 1.82) is 0 Å². The highest BCUT2D eigenvalue weighted by molar-refractivity contribution is 5.71. The highest BCUT2D eigenvalue weighted by Crippen LogP contribution is 2.27. The van der Waals surface area contributed by atoms with Crippen molar-refractivity contribution in [1.82, 2.24) is 9.55 Å². The summed E-state index contributed by atoms with van der Waals surface area (Å²) in [6.45, 7) is 1.83. The van der Waals surface area contributed by atoms with E-state index in [4.69, 9.17) is 5.73 Å². The van der Waals surface area contributed by atoms with Gasteiger partial charge in [-0.2, -0.15) is 0 Å². The summed E-state index contributed by atoms with van der Waals surface area (Å²) >= 11 is 0. The van der Waals surface area contributed by atoms with Crippen LogP contribution >= 0.6 is 0 Å². The molecule has 0 aliphatic rings. The Kier molecular flexibility index (Phi) is 2.19. The number of halogens is 1. The van der Waals surface area contributed by atoms with Crippen molar-refractivity contribution < 1.29 is 4.39 Å². The molecule has 4 heteroatoms. The van der Waals surface area contributed by atoms with Crippen LogP contribution < -0.4 is 5.73 Å². The molecule has 0 spiro atoms. The SMILES string of the molecule is Cc1nc(-c2ccccc2F)c(N)n1C. The Bertz CT molecular complexity index is 503. The molecule has 0 atom stereocenters. The fraction of sp³-hybridized carbons (Fsp3) is 0.182. The van der Waals surface area contributed by atoms with Crippen molar-refractivity contribution in [3.8, 4) is 11.3 Å². The van der Waals surface area contributed by atoms with E-state index in [0.717, 1.165) is 5.82 Å². The highest BCUT2D eigenvalue weighted by Gasteiger charge is 2.13. The standard InChI is InChI=1S/C11H12FN3/c1-7-14-10(11(13)15(7)2)8-5-3-4-6-9(8)12/h3-6H,13H2,1-2H3. The molecule has 1 heterocycles. The lowest BCUT2D eigenvalue weighted by Crippen LogP contribution is -1.98. The van der Waals surface area contributed by atoms with Crippen molar-refractivity contribution in [2.75, 3.05) is 5.73 Å². The molecule has 0 unspecified atom stereocenters. The largest absolute Gasteiger partial charge is 0.383 e. The van der Waals surface area contributed by atoms with Crippen LogP contribution in [-0.4, -0.2) is 9.55 Å². The zero-order valence-corrected chi connectivity index (χ0v) is 8.66. The Balaban J connectivity index is 2.65. The Morgan fingerprint density at radius 3 is 2.53 bits per heavy atom. The van der Waals surface area contributed by atoms with Crippen molar-refractivity contribution in [2.24, 2.45) is 7.05 Å². The second-order valence-electron chi connectivity index (χ2n) is 3.43. The van der Waals surface area contributed by atoms with Gasteiger partial charge in [-0.05, 0) is 19.1 Å². The van der Waals surface area contributed by atoms with Crippen LogP contribution in [0.1, 0.15) is 5.82 Å². The molecule has 0 fully saturated rings. The van der Waals surface area contributed by atoms with Crippen LogP contribution in [0.4, 0.5) is 10.2 Å². The number of imidazole rings is 1. The van der Waals surface area contributed by atoms with E-state index < -0.39 is 0 Å². The molecule has 0 radical (unpaired) electrons. The number of aryl methyl sites for hydroxylation is 1. The molecule has 0 bridgehead atoms. The third-order valence-electron chi connectivity index (χ3n) is 2.49. The van der Waals surface area contributed by atoms with Gasteiger partial charge in [-0.15, -0.1) is 0 Å². The molecule has 2 rings (SSSR count). The monoisotopic (exact) mass is 205 g/mol. The molecule has 0 aliphatic carbocycles. The minimum Gasteiger partial charge on any atom is -0.383 e. The first-order chi connectivity index (χ1) is 7.11. The zero-order valence-electron chi connectivity index (χ0n) is 8.66. The molecular formula is C11H12FN3. The van der Waals surface area contributed by atoms with E-state index in [-0.39, 0.29) is 5.82 Å². The highest BCUT2D eigenvalue weighted by atomic mass is 19.1. The molecule has 0 saturated carbocycles. The average molecular weight is 205 g/mol. The maximum Gasteiger partial charge on any atom is 0.132 e. The number of nitrogens with zero attached hydrogens (tertiary/aromatic N) is 2. The lowest BCUT2D eigenvalue weighted by Gasteiger charge is -2.01. The van der Waals surface area contributed by atoms with Crippen LogP contribution in [0, 0.1) is 12.7 Å². The third-order valence-corrected chi connectivity index (χ3v) is 2.49. The molecule has 2 N–H and O–H groups in total. The zero-order chi connectivity index (χ0) is 11.0. The molecule has 1 aromatic heterocycles. The smallest absolute Gasteiger partial charge is 0.132 e. The second kappa shape index (κ2) is 3.38. The van der Waals surface area contributed by atoms with E-state index in [1.165, 1.54) is 6.07 Å². The summed E-state index contributed by atoms with van der Waals surface area (Å²) in [5.41, 5.74) is 6.79. The molecule has 1 aromatic carbocycles. The topological polar surface area (TPSA) is 43.8 Å². The van der Waals surface area contributed by atoms with Crippen LogP contribution in [0.15, 0.2) is 24.3 Å². The van der Waals surface area contributed by atoms with E-state index in [1.54, 1.807) is 22.8 Å². The molecule has 0 aliphatic heterocycles. The van der Waals surface area contributed by atoms with Crippen LogP contribution in [0.5, 0.6) is 0 Å². The van der Waals surface area contributed by atoms with Gasteiger partial charge in [0.2, 0.25) is 0 Å². The quantitative estimate of drug-likeness (QED) is 0.774. The fourth-order valence-electron chi connectivity index (χ4n) is 1.48. The Labute approximate surface area is 87.4 Å². The summed E-state index contributed by atoms with van der Waals surface area (Å²) < 4.78 is 15.2. The van der Waals surface area contributed by atoms with Gasteiger partial charge in [-0.25, -0.2) is 9.37 Å². The van der Waals surface area contributed by atoms with Gasteiger partial charge < -0.3 is 10.3 Å². The van der Waals surface area contributed by atoms with Crippen molar-refractivity contribution in [3.63, 3.8) is 0 Å². The van der Waals surface area contributed by atoms with Gasteiger partial charge in [0.05, 0.1) is 0 Å². The Morgan fingerprint density at radius 2 is 2.00 bits per heavy atom. The van der Waals surface area contributed by atoms with Crippen LogP contribution in [0.2, 0.25) is 0 Å². The average Bonchev–Trinajstić information content (AvgIpc) is 2.47. The number of anilines is 1. The summed E-state index contributed by atoms with van der Waals surface area (Å²) in [5, 5.41) is 0. The normalized spacial score (nSPS) is 10.6. The van der Waals surface area contributed by atoms with Crippen molar-refractivity contribution in [3.05, 3.63) is 35.9 Å². The predicted octanol–water partition coefficient (Wildman–Crippen LogP) is 2.12. The minimum absolute atomic E-state index is 0.303. The number of benzene rings is 1. The molecule has 2 aromatic rings. The van der Waals surface area contributed by atoms with Crippen LogP contribution in [0.25, 0.3) is 11.3 Å². The maximum atomic E-state index is 13.5. The summed E-state index contributed by atoms with van der Waals surface area (Å²) in [6, 6.07) is 6.49. The first kappa shape index (κ1) is 9.71. The number of nitrogens with two attached hydrogens (primary N) is 1. The number of rotatable bonds is 1. The van der Waals surface area contributed by atoms with Crippen molar-refractivity contribution >= 4 is 5.82 Å². The predicted molar refractivity (Wildman–Crippen MR) is 57.8 cm³/mol. The molecule has 3 nitrogen and oxygen atoms in total. The van der Waals surface area contributed by atoms with Gasteiger partial charge in [0.15, 0.2) is 0 Å². The van der Waals surface area contributed by atoms with Crippen LogP contribution in [0.3, 0.4) is 0 Å². The fourth-order valence-corrected chi connectivity index (χ4v) is 1.48.